The minimum atomic E-state index is -0.215. The summed E-state index contributed by atoms with van der Waals surface area (Å²) in [4.78, 5) is 0. The summed E-state index contributed by atoms with van der Waals surface area (Å²) in [5.74, 6) is -0.215. The lowest BCUT2D eigenvalue weighted by Crippen LogP contribution is -2.25. The highest BCUT2D eigenvalue weighted by Gasteiger charge is 2.14. The Hall–Kier alpha value is -0.600. The van der Waals surface area contributed by atoms with E-state index in [0.29, 0.717) is 23.2 Å². The highest BCUT2D eigenvalue weighted by Crippen LogP contribution is 2.19. The minimum Gasteiger partial charge on any atom is -0.310 e. The summed E-state index contributed by atoms with van der Waals surface area (Å²) in [6.45, 7) is 0.605. The molecule has 0 bridgehead atoms. The lowest BCUT2D eigenvalue weighted by Gasteiger charge is -2.12. The number of rotatable bonds is 3. The Morgan fingerprint density at radius 1 is 1.33 bits per heavy atom. The molecule has 1 aromatic carbocycles. The zero-order valence-corrected chi connectivity index (χ0v) is 9.36. The van der Waals surface area contributed by atoms with Crippen LogP contribution in [0.25, 0.3) is 0 Å². The second-order valence-electron chi connectivity index (χ2n) is 4.10. The third-order valence-electron chi connectivity index (χ3n) is 2.95. The number of benzene rings is 1. The maximum absolute atomic E-state index is 13.4. The molecule has 0 spiro atoms. The summed E-state index contributed by atoms with van der Waals surface area (Å²) in [5, 5.41) is 3.83. The normalized spacial score (nSPS) is 17.2. The Morgan fingerprint density at radius 2 is 2.07 bits per heavy atom. The molecule has 0 aromatic heterocycles. The number of nitrogens with one attached hydrogen (secondary N) is 1. The molecule has 1 aliphatic rings. The molecule has 2 rings (SSSR count). The van der Waals surface area contributed by atoms with E-state index < -0.39 is 0 Å². The van der Waals surface area contributed by atoms with Crippen molar-refractivity contribution in [2.24, 2.45) is 0 Å². The van der Waals surface area contributed by atoms with Crippen molar-refractivity contribution in [1.82, 2.24) is 5.32 Å². The average molecular weight is 228 g/mol. The highest BCUT2D eigenvalue weighted by molar-refractivity contribution is 6.30. The van der Waals surface area contributed by atoms with Gasteiger partial charge in [-0.05, 0) is 25.0 Å². The van der Waals surface area contributed by atoms with E-state index in [2.05, 4.69) is 5.32 Å². The summed E-state index contributed by atoms with van der Waals surface area (Å²) in [6, 6.07) is 5.42. The van der Waals surface area contributed by atoms with Crippen molar-refractivity contribution in [2.75, 3.05) is 0 Å². The van der Waals surface area contributed by atoms with Gasteiger partial charge in [-0.3, -0.25) is 0 Å². The van der Waals surface area contributed by atoms with Crippen LogP contribution in [0.2, 0.25) is 5.02 Å². The van der Waals surface area contributed by atoms with Crippen molar-refractivity contribution in [1.29, 1.82) is 0 Å². The maximum atomic E-state index is 13.4. The van der Waals surface area contributed by atoms with Crippen LogP contribution in [-0.2, 0) is 6.54 Å². The van der Waals surface area contributed by atoms with Crippen LogP contribution in [-0.4, -0.2) is 6.04 Å². The summed E-state index contributed by atoms with van der Waals surface area (Å²) in [6.07, 6.45) is 5.02. The van der Waals surface area contributed by atoms with E-state index in [-0.39, 0.29) is 5.82 Å². The molecule has 1 saturated carbocycles. The van der Waals surface area contributed by atoms with E-state index in [9.17, 15) is 4.39 Å². The van der Waals surface area contributed by atoms with Gasteiger partial charge in [0.25, 0.3) is 0 Å². The van der Waals surface area contributed by atoms with E-state index in [1.165, 1.54) is 31.7 Å². The minimum absolute atomic E-state index is 0.215. The predicted octanol–water partition coefficient (Wildman–Crippen LogP) is 3.51. The van der Waals surface area contributed by atoms with E-state index in [1.54, 1.807) is 12.1 Å². The third kappa shape index (κ3) is 2.93. The maximum Gasteiger partial charge on any atom is 0.129 e. The van der Waals surface area contributed by atoms with Gasteiger partial charge in [0.15, 0.2) is 0 Å². The Labute approximate surface area is 94.6 Å². The summed E-state index contributed by atoms with van der Waals surface area (Å²) >= 11 is 5.68. The lowest BCUT2D eigenvalue weighted by molar-refractivity contribution is 0.509. The molecule has 1 aliphatic carbocycles. The fraction of sp³-hybridized carbons (Fsp3) is 0.500. The fourth-order valence-electron chi connectivity index (χ4n) is 2.05. The molecule has 1 nitrogen and oxygen atoms in total. The zero-order valence-electron chi connectivity index (χ0n) is 8.60. The molecule has 15 heavy (non-hydrogen) atoms. The zero-order chi connectivity index (χ0) is 10.7. The first-order valence-corrected chi connectivity index (χ1v) is 5.81. The first kappa shape index (κ1) is 10.9. The molecule has 0 heterocycles. The Kier molecular flexibility index (Phi) is 3.60. The van der Waals surface area contributed by atoms with E-state index in [4.69, 9.17) is 11.6 Å². The standard InChI is InChI=1S/C12H15ClFN/c13-10-6-5-9(12(14)7-10)8-15-11-3-1-2-4-11/h5-7,11,15H,1-4,8H2. The Balaban J connectivity index is 1.92. The van der Waals surface area contributed by atoms with Gasteiger partial charge in [-0.1, -0.05) is 30.5 Å². The molecule has 0 aliphatic heterocycles. The van der Waals surface area contributed by atoms with Crippen LogP contribution in [0.15, 0.2) is 18.2 Å². The lowest BCUT2D eigenvalue weighted by atomic mass is 10.2. The van der Waals surface area contributed by atoms with Crippen LogP contribution in [0, 0.1) is 5.82 Å². The third-order valence-corrected chi connectivity index (χ3v) is 3.19. The van der Waals surface area contributed by atoms with Crippen molar-refractivity contribution in [3.63, 3.8) is 0 Å². The summed E-state index contributed by atoms with van der Waals surface area (Å²) in [7, 11) is 0. The van der Waals surface area contributed by atoms with Gasteiger partial charge in [0, 0.05) is 23.2 Å². The van der Waals surface area contributed by atoms with Crippen molar-refractivity contribution < 1.29 is 4.39 Å². The quantitative estimate of drug-likeness (QED) is 0.833. The summed E-state index contributed by atoms with van der Waals surface area (Å²) < 4.78 is 13.4. The van der Waals surface area contributed by atoms with Crippen LogP contribution >= 0.6 is 11.6 Å². The van der Waals surface area contributed by atoms with Crippen molar-refractivity contribution in [3.05, 3.63) is 34.6 Å². The van der Waals surface area contributed by atoms with E-state index >= 15 is 0 Å². The van der Waals surface area contributed by atoms with Gasteiger partial charge in [0.2, 0.25) is 0 Å². The molecular formula is C12H15ClFN. The largest absolute Gasteiger partial charge is 0.310 e. The van der Waals surface area contributed by atoms with Crippen LogP contribution in [0.5, 0.6) is 0 Å². The van der Waals surface area contributed by atoms with Crippen molar-refractivity contribution in [3.8, 4) is 0 Å². The van der Waals surface area contributed by atoms with Gasteiger partial charge in [-0.25, -0.2) is 4.39 Å². The number of hydrogen-bond acceptors (Lipinski definition) is 1. The van der Waals surface area contributed by atoms with Crippen LogP contribution in [0.4, 0.5) is 4.39 Å². The Bertz CT molecular complexity index is 334. The molecule has 1 aromatic rings. The Morgan fingerprint density at radius 3 is 2.73 bits per heavy atom. The second kappa shape index (κ2) is 4.95. The van der Waals surface area contributed by atoms with Crippen LogP contribution < -0.4 is 5.32 Å². The average Bonchev–Trinajstić information content (AvgIpc) is 2.69. The van der Waals surface area contributed by atoms with Gasteiger partial charge in [0.1, 0.15) is 5.82 Å². The first-order valence-electron chi connectivity index (χ1n) is 5.43. The molecule has 1 N–H and O–H groups in total. The fourth-order valence-corrected chi connectivity index (χ4v) is 2.21. The molecule has 0 amide bonds. The summed E-state index contributed by atoms with van der Waals surface area (Å²) in [5.41, 5.74) is 0.700. The molecule has 0 atom stereocenters. The smallest absolute Gasteiger partial charge is 0.129 e. The molecule has 0 radical (unpaired) electrons. The molecule has 82 valence electrons. The molecular weight excluding hydrogens is 213 g/mol. The van der Waals surface area contributed by atoms with Gasteiger partial charge < -0.3 is 5.32 Å². The topological polar surface area (TPSA) is 12.0 Å². The predicted molar refractivity (Wildman–Crippen MR) is 60.5 cm³/mol. The van der Waals surface area contributed by atoms with Gasteiger partial charge in [-0.2, -0.15) is 0 Å². The monoisotopic (exact) mass is 227 g/mol. The second-order valence-corrected chi connectivity index (χ2v) is 4.53. The highest BCUT2D eigenvalue weighted by atomic mass is 35.5. The van der Waals surface area contributed by atoms with Crippen LogP contribution in [0.3, 0.4) is 0 Å². The molecule has 3 heteroatoms. The van der Waals surface area contributed by atoms with Gasteiger partial charge in [-0.15, -0.1) is 0 Å². The van der Waals surface area contributed by atoms with Crippen molar-refractivity contribution in [2.45, 2.75) is 38.3 Å². The van der Waals surface area contributed by atoms with Crippen LogP contribution in [0.1, 0.15) is 31.2 Å². The molecule has 0 unspecified atom stereocenters. The van der Waals surface area contributed by atoms with Gasteiger partial charge >= 0.3 is 0 Å². The van der Waals surface area contributed by atoms with Gasteiger partial charge in [0.05, 0.1) is 0 Å². The SMILES string of the molecule is Fc1cc(Cl)ccc1CNC1CCCC1. The number of halogens is 2. The first-order chi connectivity index (χ1) is 7.25. The van der Waals surface area contributed by atoms with E-state index in [1.807, 2.05) is 0 Å². The molecule has 0 saturated heterocycles. The van der Waals surface area contributed by atoms with E-state index in [0.717, 1.165) is 0 Å². The number of hydrogen-bond donors (Lipinski definition) is 1. The molecule has 1 fully saturated rings. The van der Waals surface area contributed by atoms with Crippen molar-refractivity contribution >= 4 is 11.6 Å².